The summed E-state index contributed by atoms with van der Waals surface area (Å²) in [6.45, 7) is 3.08. The highest BCUT2D eigenvalue weighted by Gasteiger charge is 2.36. The fraction of sp³-hybridized carbons (Fsp3) is 0.379. The molecule has 2 N–H and O–H groups in total. The van der Waals surface area contributed by atoms with Gasteiger partial charge in [0.1, 0.15) is 23.9 Å². The summed E-state index contributed by atoms with van der Waals surface area (Å²) >= 11 is 6.09. The van der Waals surface area contributed by atoms with Gasteiger partial charge in [-0.3, -0.25) is 4.79 Å². The number of carbonyl (C=O) groups excluding carboxylic acids is 1. The molecule has 1 saturated carbocycles. The highest BCUT2D eigenvalue weighted by atomic mass is 35.5. The standard InChI is InChI=1S/C29H30ClFN2O5/c1-16-15-38-28-20(16)13-24(33-27(28)18-5-7-23(31)22(30)11-18)21(17-3-4-17)14-32-29(35)19-6-8-25(37-10-9-34)26(12-19)36-2/h5-8,11-13,16-17,21,34H,3-4,9-10,14-15H2,1-2H3,(H,32,35). The van der Waals surface area contributed by atoms with Gasteiger partial charge in [-0.05, 0) is 61.2 Å². The highest BCUT2D eigenvalue weighted by molar-refractivity contribution is 6.31. The van der Waals surface area contributed by atoms with Gasteiger partial charge in [-0.25, -0.2) is 9.37 Å². The van der Waals surface area contributed by atoms with Crippen LogP contribution in [-0.4, -0.2) is 49.5 Å². The SMILES string of the molecule is COc1cc(C(=O)NCC(c2cc3c(c(-c4ccc(F)c(Cl)c4)n2)OCC3C)C2CC2)ccc1OCCO. The summed E-state index contributed by atoms with van der Waals surface area (Å²) in [5.74, 6) is 1.48. The molecule has 0 saturated heterocycles. The number of carbonyl (C=O) groups is 1. The van der Waals surface area contributed by atoms with Crippen LogP contribution in [0.25, 0.3) is 11.3 Å². The van der Waals surface area contributed by atoms with Gasteiger partial charge < -0.3 is 24.6 Å². The van der Waals surface area contributed by atoms with E-state index in [-0.39, 0.29) is 36.0 Å². The van der Waals surface area contributed by atoms with Crippen LogP contribution in [0.5, 0.6) is 17.2 Å². The summed E-state index contributed by atoms with van der Waals surface area (Å²) in [6, 6.07) is 11.6. The molecule has 1 aliphatic carbocycles. The fourth-order valence-electron chi connectivity index (χ4n) is 4.82. The molecular weight excluding hydrogens is 511 g/mol. The van der Waals surface area contributed by atoms with Crippen LogP contribution in [-0.2, 0) is 0 Å². The van der Waals surface area contributed by atoms with Crippen LogP contribution in [0.3, 0.4) is 0 Å². The lowest BCUT2D eigenvalue weighted by atomic mass is 9.93. The maximum atomic E-state index is 13.9. The van der Waals surface area contributed by atoms with Crippen LogP contribution in [0, 0.1) is 11.7 Å². The molecule has 9 heteroatoms. The number of nitrogens with zero attached hydrogens (tertiary/aromatic N) is 1. The van der Waals surface area contributed by atoms with Crippen molar-refractivity contribution in [3.8, 4) is 28.5 Å². The Labute approximate surface area is 225 Å². The fourth-order valence-corrected chi connectivity index (χ4v) is 5.00. The molecule has 0 radical (unpaired) electrons. The molecule has 2 aromatic carbocycles. The lowest BCUT2D eigenvalue weighted by Gasteiger charge is -2.20. The normalized spacial score (nSPS) is 16.9. The number of benzene rings is 2. The first kappa shape index (κ1) is 26.3. The molecule has 200 valence electrons. The molecular formula is C29H30ClFN2O5. The Morgan fingerprint density at radius 1 is 1.24 bits per heavy atom. The first-order chi connectivity index (χ1) is 18.4. The Morgan fingerprint density at radius 3 is 2.76 bits per heavy atom. The van der Waals surface area contributed by atoms with E-state index in [9.17, 15) is 9.18 Å². The van der Waals surface area contributed by atoms with Crippen molar-refractivity contribution in [2.45, 2.75) is 31.6 Å². The van der Waals surface area contributed by atoms with Crippen molar-refractivity contribution in [1.29, 1.82) is 0 Å². The van der Waals surface area contributed by atoms with E-state index in [0.717, 1.165) is 24.1 Å². The third-order valence-corrected chi connectivity index (χ3v) is 7.34. The molecule has 1 aliphatic heterocycles. The second-order valence-electron chi connectivity index (χ2n) is 9.75. The van der Waals surface area contributed by atoms with E-state index in [1.807, 2.05) is 0 Å². The third kappa shape index (κ3) is 5.42. The zero-order chi connectivity index (χ0) is 26.8. The summed E-state index contributed by atoms with van der Waals surface area (Å²) in [5, 5.41) is 12.1. The van der Waals surface area contributed by atoms with E-state index in [1.165, 1.54) is 13.2 Å². The molecule has 2 aliphatic rings. The molecule has 1 amide bonds. The van der Waals surface area contributed by atoms with Gasteiger partial charge in [-0.15, -0.1) is 0 Å². The van der Waals surface area contributed by atoms with Crippen LogP contribution in [0.1, 0.15) is 53.2 Å². The Hall–Kier alpha value is -3.36. The van der Waals surface area contributed by atoms with Crippen LogP contribution in [0.4, 0.5) is 4.39 Å². The van der Waals surface area contributed by atoms with Crippen LogP contribution < -0.4 is 19.5 Å². The van der Waals surface area contributed by atoms with Crippen molar-refractivity contribution >= 4 is 17.5 Å². The summed E-state index contributed by atoms with van der Waals surface area (Å²) in [7, 11) is 1.50. The van der Waals surface area contributed by atoms with Crippen molar-refractivity contribution in [1.82, 2.24) is 10.3 Å². The number of pyridine rings is 1. The maximum Gasteiger partial charge on any atom is 0.251 e. The summed E-state index contributed by atoms with van der Waals surface area (Å²) in [5.41, 5.74) is 3.72. The first-order valence-corrected chi connectivity index (χ1v) is 13.1. The second kappa shape index (κ2) is 11.2. The van der Waals surface area contributed by atoms with E-state index in [4.69, 9.17) is 35.9 Å². The Bertz CT molecular complexity index is 1350. The Morgan fingerprint density at radius 2 is 2.05 bits per heavy atom. The van der Waals surface area contributed by atoms with Gasteiger partial charge in [0.2, 0.25) is 0 Å². The Balaban J connectivity index is 1.41. The average Bonchev–Trinajstić information content (AvgIpc) is 3.70. The maximum absolute atomic E-state index is 13.9. The van der Waals surface area contributed by atoms with E-state index < -0.39 is 5.82 Å². The highest BCUT2D eigenvalue weighted by Crippen LogP contribution is 2.47. The van der Waals surface area contributed by atoms with E-state index in [0.29, 0.717) is 53.1 Å². The van der Waals surface area contributed by atoms with Crippen LogP contribution >= 0.6 is 11.6 Å². The van der Waals surface area contributed by atoms with Gasteiger partial charge in [0.05, 0.1) is 25.3 Å². The minimum Gasteiger partial charge on any atom is -0.493 e. The summed E-state index contributed by atoms with van der Waals surface area (Å²) < 4.78 is 30.7. The Kier molecular flexibility index (Phi) is 7.72. The van der Waals surface area contributed by atoms with Crippen molar-refractivity contribution < 1.29 is 28.5 Å². The molecule has 3 aromatic rings. The van der Waals surface area contributed by atoms with Gasteiger partial charge in [-0.2, -0.15) is 0 Å². The van der Waals surface area contributed by atoms with Crippen molar-refractivity contribution in [3.63, 3.8) is 0 Å². The van der Waals surface area contributed by atoms with E-state index in [2.05, 4.69) is 18.3 Å². The molecule has 0 spiro atoms. The zero-order valence-electron chi connectivity index (χ0n) is 21.3. The molecule has 0 bridgehead atoms. The minimum absolute atomic E-state index is 0.0146. The van der Waals surface area contributed by atoms with Crippen LogP contribution in [0.15, 0.2) is 42.5 Å². The molecule has 7 nitrogen and oxygen atoms in total. The number of aromatic nitrogens is 1. The number of rotatable bonds is 10. The first-order valence-electron chi connectivity index (χ1n) is 12.7. The molecule has 2 unspecified atom stereocenters. The number of hydrogen-bond acceptors (Lipinski definition) is 6. The van der Waals surface area contributed by atoms with Gasteiger partial charge in [0, 0.05) is 40.8 Å². The number of amides is 1. The zero-order valence-corrected chi connectivity index (χ0v) is 22.1. The smallest absolute Gasteiger partial charge is 0.251 e. The number of ether oxygens (including phenoxy) is 3. The molecule has 2 atom stereocenters. The lowest BCUT2D eigenvalue weighted by Crippen LogP contribution is -2.29. The molecule has 5 rings (SSSR count). The van der Waals surface area contributed by atoms with Crippen LogP contribution in [0.2, 0.25) is 5.02 Å². The second-order valence-corrected chi connectivity index (χ2v) is 10.2. The van der Waals surface area contributed by atoms with Crippen molar-refractivity contribution in [3.05, 3.63) is 70.1 Å². The number of aliphatic hydroxyl groups excluding tert-OH is 1. The number of hydrogen-bond donors (Lipinski definition) is 2. The van der Waals surface area contributed by atoms with Gasteiger partial charge >= 0.3 is 0 Å². The predicted molar refractivity (Wildman–Crippen MR) is 142 cm³/mol. The largest absolute Gasteiger partial charge is 0.493 e. The predicted octanol–water partition coefficient (Wildman–Crippen LogP) is 5.34. The third-order valence-electron chi connectivity index (χ3n) is 7.05. The topological polar surface area (TPSA) is 89.9 Å². The van der Waals surface area contributed by atoms with Crippen molar-refractivity contribution in [2.75, 3.05) is 33.5 Å². The lowest BCUT2D eigenvalue weighted by molar-refractivity contribution is 0.0949. The molecule has 38 heavy (non-hydrogen) atoms. The molecule has 2 heterocycles. The number of methoxy groups -OCH3 is 1. The van der Waals surface area contributed by atoms with E-state index in [1.54, 1.807) is 30.3 Å². The van der Waals surface area contributed by atoms with Gasteiger partial charge in [0.15, 0.2) is 11.5 Å². The number of aliphatic hydroxyl groups is 1. The monoisotopic (exact) mass is 540 g/mol. The number of halogens is 2. The quantitative estimate of drug-likeness (QED) is 0.361. The molecule has 1 aromatic heterocycles. The molecule has 1 fully saturated rings. The van der Waals surface area contributed by atoms with Crippen molar-refractivity contribution in [2.24, 2.45) is 5.92 Å². The average molecular weight is 541 g/mol. The minimum atomic E-state index is -0.485. The summed E-state index contributed by atoms with van der Waals surface area (Å²) in [4.78, 5) is 18.1. The van der Waals surface area contributed by atoms with E-state index >= 15 is 0 Å². The summed E-state index contributed by atoms with van der Waals surface area (Å²) in [6.07, 6.45) is 2.13. The van der Waals surface area contributed by atoms with Gasteiger partial charge in [0.25, 0.3) is 5.91 Å². The number of fused-ring (bicyclic) bond motifs is 1. The number of nitrogens with one attached hydrogen (secondary N) is 1. The van der Waals surface area contributed by atoms with Gasteiger partial charge in [-0.1, -0.05) is 18.5 Å².